The number of nitrogens with one attached hydrogen (secondary N) is 2. The van der Waals surface area contributed by atoms with Gasteiger partial charge in [0.2, 0.25) is 0 Å². The van der Waals surface area contributed by atoms with Crippen molar-refractivity contribution in [1.29, 1.82) is 0 Å². The molecule has 4 nitrogen and oxygen atoms in total. The van der Waals surface area contributed by atoms with Crippen LogP contribution in [0.1, 0.15) is 28.8 Å². The molecule has 1 atom stereocenters. The van der Waals surface area contributed by atoms with E-state index in [0.29, 0.717) is 23.7 Å². The number of carbonyl (C=O) groups excluding carboxylic acids is 1. The third kappa shape index (κ3) is 3.32. The SMILES string of the molecule is COCC1(CNC(=O)c2cccc(Cl)c2C)CCCN1. The summed E-state index contributed by atoms with van der Waals surface area (Å²) in [6.45, 7) is 3.98. The van der Waals surface area contributed by atoms with Gasteiger partial charge in [-0.25, -0.2) is 0 Å². The normalized spacial score (nSPS) is 21.9. The van der Waals surface area contributed by atoms with Crippen LogP contribution in [-0.2, 0) is 4.74 Å². The van der Waals surface area contributed by atoms with Gasteiger partial charge >= 0.3 is 0 Å². The van der Waals surface area contributed by atoms with Crippen LogP contribution in [0.3, 0.4) is 0 Å². The van der Waals surface area contributed by atoms with Crippen LogP contribution in [0.25, 0.3) is 0 Å². The van der Waals surface area contributed by atoms with Crippen LogP contribution in [0.15, 0.2) is 18.2 Å². The summed E-state index contributed by atoms with van der Waals surface area (Å²) in [5, 5.41) is 7.05. The number of hydrogen-bond donors (Lipinski definition) is 2. The smallest absolute Gasteiger partial charge is 0.251 e. The summed E-state index contributed by atoms with van der Waals surface area (Å²) >= 11 is 6.05. The fraction of sp³-hybridized carbons (Fsp3) is 0.533. The van der Waals surface area contributed by atoms with Gasteiger partial charge in [0.05, 0.1) is 12.1 Å². The molecule has 1 aliphatic rings. The van der Waals surface area contributed by atoms with E-state index in [2.05, 4.69) is 10.6 Å². The van der Waals surface area contributed by atoms with Crippen LogP contribution in [0.4, 0.5) is 0 Å². The first kappa shape index (κ1) is 15.3. The minimum atomic E-state index is -0.142. The highest BCUT2D eigenvalue weighted by Crippen LogP contribution is 2.21. The molecule has 1 fully saturated rings. The summed E-state index contributed by atoms with van der Waals surface area (Å²) in [5.74, 6) is -0.0887. The molecule has 0 aromatic heterocycles. The molecule has 2 rings (SSSR count). The Labute approximate surface area is 124 Å². The second-order valence-corrected chi connectivity index (χ2v) is 5.75. The lowest BCUT2D eigenvalue weighted by Crippen LogP contribution is -2.53. The lowest BCUT2D eigenvalue weighted by Gasteiger charge is -2.29. The Morgan fingerprint density at radius 2 is 2.35 bits per heavy atom. The summed E-state index contributed by atoms with van der Waals surface area (Å²) in [4.78, 5) is 12.3. The highest BCUT2D eigenvalue weighted by atomic mass is 35.5. The van der Waals surface area contributed by atoms with E-state index >= 15 is 0 Å². The minimum Gasteiger partial charge on any atom is -0.383 e. The van der Waals surface area contributed by atoms with Gasteiger partial charge in [-0.15, -0.1) is 0 Å². The third-order valence-corrected chi connectivity index (χ3v) is 4.26. The van der Waals surface area contributed by atoms with Gasteiger partial charge in [-0.3, -0.25) is 4.79 Å². The third-order valence-electron chi connectivity index (χ3n) is 3.85. The Morgan fingerprint density at radius 3 is 3.00 bits per heavy atom. The minimum absolute atomic E-state index is 0.0887. The molecule has 1 heterocycles. The van der Waals surface area contributed by atoms with Crippen LogP contribution in [0, 0.1) is 6.92 Å². The van der Waals surface area contributed by atoms with Crippen LogP contribution >= 0.6 is 11.6 Å². The Hall–Kier alpha value is -1.10. The van der Waals surface area contributed by atoms with Gasteiger partial charge in [0.1, 0.15) is 0 Å². The van der Waals surface area contributed by atoms with E-state index in [1.165, 1.54) is 0 Å². The maximum absolute atomic E-state index is 12.3. The molecule has 0 aliphatic carbocycles. The maximum atomic E-state index is 12.3. The average molecular weight is 297 g/mol. The Bertz CT molecular complexity index is 485. The van der Waals surface area contributed by atoms with Crippen molar-refractivity contribution in [3.05, 3.63) is 34.3 Å². The lowest BCUT2D eigenvalue weighted by molar-refractivity contribution is 0.0891. The van der Waals surface area contributed by atoms with E-state index in [1.807, 2.05) is 6.92 Å². The highest BCUT2D eigenvalue weighted by molar-refractivity contribution is 6.31. The van der Waals surface area contributed by atoms with Crippen LogP contribution in [-0.4, -0.2) is 38.3 Å². The highest BCUT2D eigenvalue weighted by Gasteiger charge is 2.33. The zero-order chi connectivity index (χ0) is 14.6. The molecule has 0 radical (unpaired) electrons. The zero-order valence-corrected chi connectivity index (χ0v) is 12.7. The molecule has 0 spiro atoms. The molecular formula is C15H21ClN2O2. The molecule has 20 heavy (non-hydrogen) atoms. The predicted molar refractivity (Wildman–Crippen MR) is 80.4 cm³/mol. The van der Waals surface area contributed by atoms with E-state index in [-0.39, 0.29) is 11.4 Å². The number of benzene rings is 1. The van der Waals surface area contributed by atoms with Crippen molar-refractivity contribution in [2.75, 3.05) is 26.8 Å². The van der Waals surface area contributed by atoms with Crippen molar-refractivity contribution in [1.82, 2.24) is 10.6 Å². The Balaban J connectivity index is 2.02. The first-order chi connectivity index (χ1) is 9.58. The zero-order valence-electron chi connectivity index (χ0n) is 12.0. The molecule has 1 aromatic rings. The summed E-state index contributed by atoms with van der Waals surface area (Å²) in [6.07, 6.45) is 2.12. The largest absolute Gasteiger partial charge is 0.383 e. The van der Waals surface area contributed by atoms with Gasteiger partial charge in [0.25, 0.3) is 5.91 Å². The number of hydrogen-bond acceptors (Lipinski definition) is 3. The van der Waals surface area contributed by atoms with Crippen molar-refractivity contribution >= 4 is 17.5 Å². The molecule has 0 bridgehead atoms. The molecule has 1 aliphatic heterocycles. The second kappa shape index (κ2) is 6.57. The molecule has 0 saturated carbocycles. The standard InChI is InChI=1S/C15H21ClN2O2/c1-11-12(5-3-6-13(11)16)14(19)17-9-15(10-20-2)7-4-8-18-15/h3,5-6,18H,4,7-10H2,1-2H3,(H,17,19). The van der Waals surface area contributed by atoms with Gasteiger partial charge in [-0.1, -0.05) is 17.7 Å². The first-order valence-corrected chi connectivity index (χ1v) is 7.23. The van der Waals surface area contributed by atoms with Crippen molar-refractivity contribution in [3.8, 4) is 0 Å². The predicted octanol–water partition coefficient (Wildman–Crippen LogP) is 2.15. The van der Waals surface area contributed by atoms with E-state index in [0.717, 1.165) is 24.9 Å². The molecule has 1 unspecified atom stereocenters. The number of amides is 1. The summed E-state index contributed by atoms with van der Waals surface area (Å²) in [6, 6.07) is 5.38. The maximum Gasteiger partial charge on any atom is 0.251 e. The van der Waals surface area contributed by atoms with Crippen molar-refractivity contribution in [3.63, 3.8) is 0 Å². The Morgan fingerprint density at radius 1 is 1.55 bits per heavy atom. The first-order valence-electron chi connectivity index (χ1n) is 6.85. The molecule has 5 heteroatoms. The number of halogens is 1. The molecule has 1 saturated heterocycles. The van der Waals surface area contributed by atoms with Gasteiger partial charge in [0.15, 0.2) is 0 Å². The molecule has 1 aromatic carbocycles. The van der Waals surface area contributed by atoms with Gasteiger partial charge < -0.3 is 15.4 Å². The van der Waals surface area contributed by atoms with Crippen LogP contribution < -0.4 is 10.6 Å². The number of ether oxygens (including phenoxy) is 1. The van der Waals surface area contributed by atoms with Crippen molar-refractivity contribution < 1.29 is 9.53 Å². The van der Waals surface area contributed by atoms with Gasteiger partial charge in [-0.2, -0.15) is 0 Å². The monoisotopic (exact) mass is 296 g/mol. The second-order valence-electron chi connectivity index (χ2n) is 5.34. The summed E-state index contributed by atoms with van der Waals surface area (Å²) in [5.41, 5.74) is 1.30. The quantitative estimate of drug-likeness (QED) is 0.875. The van der Waals surface area contributed by atoms with Crippen molar-refractivity contribution in [2.24, 2.45) is 0 Å². The van der Waals surface area contributed by atoms with E-state index < -0.39 is 0 Å². The van der Waals surface area contributed by atoms with Gasteiger partial charge in [0, 0.05) is 24.2 Å². The van der Waals surface area contributed by atoms with E-state index in [4.69, 9.17) is 16.3 Å². The average Bonchev–Trinajstić information content (AvgIpc) is 2.89. The van der Waals surface area contributed by atoms with Crippen LogP contribution in [0.2, 0.25) is 5.02 Å². The van der Waals surface area contributed by atoms with Gasteiger partial charge in [-0.05, 0) is 44.0 Å². The fourth-order valence-electron chi connectivity index (χ4n) is 2.67. The summed E-state index contributed by atoms with van der Waals surface area (Å²) < 4.78 is 5.28. The number of carbonyl (C=O) groups is 1. The Kier molecular flexibility index (Phi) is 5.02. The fourth-order valence-corrected chi connectivity index (χ4v) is 2.84. The van der Waals surface area contributed by atoms with E-state index in [1.54, 1.807) is 25.3 Å². The van der Waals surface area contributed by atoms with E-state index in [9.17, 15) is 4.79 Å². The van der Waals surface area contributed by atoms with Crippen molar-refractivity contribution in [2.45, 2.75) is 25.3 Å². The summed E-state index contributed by atoms with van der Waals surface area (Å²) in [7, 11) is 1.69. The topological polar surface area (TPSA) is 50.4 Å². The lowest BCUT2D eigenvalue weighted by atomic mass is 9.98. The molecule has 110 valence electrons. The number of rotatable bonds is 5. The molecular weight excluding hydrogens is 276 g/mol. The molecule has 1 amide bonds. The van der Waals surface area contributed by atoms with Crippen LogP contribution in [0.5, 0.6) is 0 Å². The molecule has 2 N–H and O–H groups in total. The number of methoxy groups -OCH3 is 1.